The second-order valence-corrected chi connectivity index (χ2v) is 3.12. The molecule has 0 saturated heterocycles. The number of carbonyl (C=O) groups excluding carboxylic acids is 1. The first-order valence-electron chi connectivity index (χ1n) is 5.17. The van der Waals surface area contributed by atoms with Crippen LogP contribution >= 0.6 is 0 Å². The van der Waals surface area contributed by atoms with Crippen molar-refractivity contribution in [2.45, 2.75) is 33.1 Å². The molecular weight excluding hydrogens is 196 g/mol. The minimum atomic E-state index is 0.106. The number of hydrogen-bond acceptors (Lipinski definition) is 5. The van der Waals surface area contributed by atoms with E-state index < -0.39 is 0 Å². The minimum Gasteiger partial charge on any atom is -0.381 e. The summed E-state index contributed by atoms with van der Waals surface area (Å²) in [4.78, 5) is 15.2. The molecule has 1 heterocycles. The number of hydrogen-bond donors (Lipinski definition) is 0. The highest BCUT2D eigenvalue weighted by Gasteiger charge is 2.09. The van der Waals surface area contributed by atoms with Crippen molar-refractivity contribution in [3.8, 4) is 0 Å². The van der Waals surface area contributed by atoms with E-state index in [1.807, 2.05) is 13.8 Å². The predicted octanol–water partition coefficient (Wildman–Crippen LogP) is 1.17. The van der Waals surface area contributed by atoms with Gasteiger partial charge in [-0.15, -0.1) is 0 Å². The lowest BCUT2D eigenvalue weighted by atomic mass is 10.2. The van der Waals surface area contributed by atoms with Crippen LogP contribution in [0.2, 0.25) is 0 Å². The molecule has 0 aliphatic carbocycles. The van der Waals surface area contributed by atoms with Crippen molar-refractivity contribution in [3.63, 3.8) is 0 Å². The fourth-order valence-electron chi connectivity index (χ4n) is 1.06. The second kappa shape index (κ2) is 6.29. The van der Waals surface area contributed by atoms with E-state index in [2.05, 4.69) is 10.1 Å². The van der Waals surface area contributed by atoms with Gasteiger partial charge in [-0.1, -0.05) is 12.1 Å². The van der Waals surface area contributed by atoms with E-state index in [1.165, 1.54) is 0 Å². The summed E-state index contributed by atoms with van der Waals surface area (Å²) >= 11 is 0. The van der Waals surface area contributed by atoms with Gasteiger partial charge in [-0.25, -0.2) is 0 Å². The number of aromatic nitrogens is 2. The third-order valence-corrected chi connectivity index (χ3v) is 1.93. The highest BCUT2D eigenvalue weighted by atomic mass is 16.5. The van der Waals surface area contributed by atoms with Gasteiger partial charge in [-0.2, -0.15) is 4.98 Å². The summed E-state index contributed by atoms with van der Waals surface area (Å²) in [7, 11) is 0. The van der Waals surface area contributed by atoms with E-state index in [1.54, 1.807) is 0 Å². The van der Waals surface area contributed by atoms with Crippen molar-refractivity contribution in [2.75, 3.05) is 13.2 Å². The number of rotatable bonds is 7. The smallest absolute Gasteiger partial charge is 0.234 e. The molecule has 0 saturated carbocycles. The lowest BCUT2D eigenvalue weighted by Gasteiger charge is -1.94. The Hall–Kier alpha value is -1.23. The Morgan fingerprint density at radius 1 is 1.47 bits per heavy atom. The van der Waals surface area contributed by atoms with E-state index in [-0.39, 0.29) is 12.2 Å². The minimum absolute atomic E-state index is 0.106. The van der Waals surface area contributed by atoms with Crippen LogP contribution < -0.4 is 0 Å². The molecule has 0 spiro atoms. The SMILES string of the molecule is CCOCCc1noc(CC(=O)CC)n1. The third kappa shape index (κ3) is 4.20. The van der Waals surface area contributed by atoms with Crippen LogP contribution in [-0.2, 0) is 22.4 Å². The van der Waals surface area contributed by atoms with Crippen LogP contribution in [0.3, 0.4) is 0 Å². The Kier molecular flexibility index (Phi) is 4.97. The normalized spacial score (nSPS) is 10.5. The van der Waals surface area contributed by atoms with Crippen LogP contribution in [0, 0.1) is 0 Å². The molecule has 0 aliphatic heterocycles. The van der Waals surface area contributed by atoms with E-state index in [4.69, 9.17) is 9.26 Å². The zero-order valence-corrected chi connectivity index (χ0v) is 9.15. The standard InChI is InChI=1S/C10H16N2O3/c1-3-8(13)7-10-11-9(12-15-10)5-6-14-4-2/h3-7H2,1-2H3. The third-order valence-electron chi connectivity index (χ3n) is 1.93. The Morgan fingerprint density at radius 3 is 2.93 bits per heavy atom. The van der Waals surface area contributed by atoms with Gasteiger partial charge >= 0.3 is 0 Å². The van der Waals surface area contributed by atoms with Crippen LogP contribution in [-0.4, -0.2) is 29.1 Å². The van der Waals surface area contributed by atoms with Gasteiger partial charge in [0, 0.05) is 19.4 Å². The second-order valence-electron chi connectivity index (χ2n) is 3.12. The van der Waals surface area contributed by atoms with Gasteiger partial charge in [-0.3, -0.25) is 4.79 Å². The molecule has 15 heavy (non-hydrogen) atoms. The average Bonchev–Trinajstić information content (AvgIpc) is 2.66. The molecule has 84 valence electrons. The van der Waals surface area contributed by atoms with E-state index in [9.17, 15) is 4.79 Å². The van der Waals surface area contributed by atoms with Gasteiger partial charge in [0.05, 0.1) is 13.0 Å². The maximum absolute atomic E-state index is 11.1. The zero-order chi connectivity index (χ0) is 11.1. The molecule has 0 atom stereocenters. The lowest BCUT2D eigenvalue weighted by Crippen LogP contribution is -2.02. The first kappa shape index (κ1) is 11.8. The van der Waals surface area contributed by atoms with Gasteiger partial charge in [0.2, 0.25) is 5.89 Å². The largest absolute Gasteiger partial charge is 0.381 e. The molecule has 0 radical (unpaired) electrons. The van der Waals surface area contributed by atoms with Crippen LogP contribution in [0.25, 0.3) is 0 Å². The van der Waals surface area contributed by atoms with Crippen molar-refractivity contribution in [2.24, 2.45) is 0 Å². The summed E-state index contributed by atoms with van der Waals surface area (Å²) in [6.45, 7) is 5.01. The highest BCUT2D eigenvalue weighted by Crippen LogP contribution is 2.01. The van der Waals surface area contributed by atoms with Crippen molar-refractivity contribution < 1.29 is 14.1 Å². The molecule has 0 N–H and O–H groups in total. The summed E-state index contributed by atoms with van der Waals surface area (Å²) in [5.74, 6) is 1.10. The van der Waals surface area contributed by atoms with Gasteiger partial charge in [0.1, 0.15) is 5.78 Å². The lowest BCUT2D eigenvalue weighted by molar-refractivity contribution is -0.118. The van der Waals surface area contributed by atoms with Gasteiger partial charge in [-0.05, 0) is 6.92 Å². The fourth-order valence-corrected chi connectivity index (χ4v) is 1.06. The van der Waals surface area contributed by atoms with Crippen molar-refractivity contribution in [1.82, 2.24) is 10.1 Å². The topological polar surface area (TPSA) is 65.2 Å². The van der Waals surface area contributed by atoms with E-state index >= 15 is 0 Å². The molecule has 0 amide bonds. The molecule has 1 rings (SSSR count). The van der Waals surface area contributed by atoms with E-state index in [0.29, 0.717) is 37.8 Å². The first-order valence-corrected chi connectivity index (χ1v) is 5.17. The number of ether oxygens (including phenoxy) is 1. The van der Waals surface area contributed by atoms with Crippen LogP contribution in [0.15, 0.2) is 4.52 Å². The molecule has 0 bridgehead atoms. The molecule has 1 aromatic rings. The number of carbonyl (C=O) groups is 1. The number of Topliss-reactive ketones (excluding diaryl/α,β-unsaturated/α-hetero) is 1. The Balaban J connectivity index is 2.38. The molecule has 0 aromatic carbocycles. The molecule has 1 aromatic heterocycles. The van der Waals surface area contributed by atoms with E-state index in [0.717, 1.165) is 0 Å². The monoisotopic (exact) mass is 212 g/mol. The highest BCUT2D eigenvalue weighted by molar-refractivity contribution is 5.79. The Bertz CT molecular complexity index is 309. The first-order chi connectivity index (χ1) is 7.26. The Labute approximate surface area is 88.8 Å². The van der Waals surface area contributed by atoms with Crippen molar-refractivity contribution >= 4 is 5.78 Å². The summed E-state index contributed by atoms with van der Waals surface area (Å²) in [6.07, 6.45) is 1.35. The predicted molar refractivity (Wildman–Crippen MR) is 53.5 cm³/mol. The van der Waals surface area contributed by atoms with Gasteiger partial charge in [0.25, 0.3) is 0 Å². The van der Waals surface area contributed by atoms with Crippen molar-refractivity contribution in [3.05, 3.63) is 11.7 Å². The summed E-state index contributed by atoms with van der Waals surface area (Å²) in [5.41, 5.74) is 0. The van der Waals surface area contributed by atoms with Crippen LogP contribution in [0.4, 0.5) is 0 Å². The molecule has 0 aliphatic rings. The Morgan fingerprint density at radius 2 is 2.27 bits per heavy atom. The van der Waals surface area contributed by atoms with Gasteiger partial charge in [0.15, 0.2) is 5.82 Å². The molecular formula is C10H16N2O3. The molecule has 5 heteroatoms. The van der Waals surface area contributed by atoms with Gasteiger partial charge < -0.3 is 9.26 Å². The van der Waals surface area contributed by atoms with Crippen LogP contribution in [0.5, 0.6) is 0 Å². The van der Waals surface area contributed by atoms with Crippen molar-refractivity contribution in [1.29, 1.82) is 0 Å². The van der Waals surface area contributed by atoms with Crippen LogP contribution in [0.1, 0.15) is 32.0 Å². The molecule has 5 nitrogen and oxygen atoms in total. The number of ketones is 1. The summed E-state index contributed by atoms with van der Waals surface area (Å²) in [5, 5.41) is 3.76. The zero-order valence-electron chi connectivity index (χ0n) is 9.15. The average molecular weight is 212 g/mol. The molecule has 0 unspecified atom stereocenters. The maximum atomic E-state index is 11.1. The maximum Gasteiger partial charge on any atom is 0.234 e. The number of nitrogens with zero attached hydrogens (tertiary/aromatic N) is 2. The fraction of sp³-hybridized carbons (Fsp3) is 0.700. The summed E-state index contributed by atoms with van der Waals surface area (Å²) in [6, 6.07) is 0. The quantitative estimate of drug-likeness (QED) is 0.635. The summed E-state index contributed by atoms with van der Waals surface area (Å²) < 4.78 is 10.1. The molecule has 0 fully saturated rings.